The van der Waals surface area contributed by atoms with Gasteiger partial charge in [-0.05, 0) is 78.1 Å². The Morgan fingerprint density at radius 3 is 2.34 bits per heavy atom. The summed E-state index contributed by atoms with van der Waals surface area (Å²) in [7, 11) is 3.77. The van der Waals surface area contributed by atoms with Crippen LogP contribution in [0.4, 0.5) is 0 Å². The number of carbonyl (C=O) groups is 3. The van der Waals surface area contributed by atoms with Crippen LogP contribution in [0.3, 0.4) is 0 Å². The van der Waals surface area contributed by atoms with Gasteiger partial charge < -0.3 is 38.8 Å². The van der Waals surface area contributed by atoms with Gasteiger partial charge in [-0.25, -0.2) is 4.99 Å². The van der Waals surface area contributed by atoms with E-state index in [1.54, 1.807) is 27.7 Å². The predicted molar refractivity (Wildman–Crippen MR) is 215 cm³/mol. The van der Waals surface area contributed by atoms with E-state index in [1.807, 2.05) is 95.3 Å². The van der Waals surface area contributed by atoms with Gasteiger partial charge in [0.15, 0.2) is 12.1 Å². The first kappa shape index (κ1) is 45.6. The highest BCUT2D eigenvalue weighted by molar-refractivity contribution is 6.00. The number of allylic oxidation sites excluding steroid dienone is 2. The minimum absolute atomic E-state index is 0.0109. The van der Waals surface area contributed by atoms with Gasteiger partial charge in [0.05, 0.1) is 37.1 Å². The van der Waals surface area contributed by atoms with Crippen LogP contribution in [0.1, 0.15) is 93.6 Å². The molecule has 3 aliphatic rings. The number of amides is 1. The highest BCUT2D eigenvalue weighted by Gasteiger charge is 2.53. The van der Waals surface area contributed by atoms with Crippen molar-refractivity contribution in [1.29, 1.82) is 0 Å². The van der Waals surface area contributed by atoms with Crippen molar-refractivity contribution in [2.75, 3.05) is 27.3 Å². The monoisotopic (exact) mass is 782 g/mol. The molecule has 3 saturated heterocycles. The average Bonchev–Trinajstić information content (AvgIpc) is 3.17. The molecule has 3 fully saturated rings. The van der Waals surface area contributed by atoms with Crippen LogP contribution in [0, 0.1) is 23.7 Å². The molecule has 12 nitrogen and oxygen atoms in total. The molecule has 312 valence electrons. The molecule has 3 aliphatic heterocycles. The second-order valence-corrected chi connectivity index (χ2v) is 16.7. The van der Waals surface area contributed by atoms with Crippen molar-refractivity contribution in [3.63, 3.8) is 0 Å². The molecule has 2 N–H and O–H groups in total. The Morgan fingerprint density at radius 2 is 1.71 bits per heavy atom. The van der Waals surface area contributed by atoms with E-state index in [-0.39, 0.29) is 50.5 Å². The van der Waals surface area contributed by atoms with Gasteiger partial charge in [0.25, 0.3) is 0 Å². The summed E-state index contributed by atoms with van der Waals surface area (Å²) >= 11 is 0. The number of hydrogen-bond acceptors (Lipinski definition) is 11. The smallest absolute Gasteiger partial charge is 0.316 e. The van der Waals surface area contributed by atoms with Crippen LogP contribution in [0.5, 0.6) is 0 Å². The quantitative estimate of drug-likeness (QED) is 0.263. The van der Waals surface area contributed by atoms with Crippen molar-refractivity contribution < 1.29 is 48.3 Å². The van der Waals surface area contributed by atoms with Crippen molar-refractivity contribution >= 4 is 29.4 Å². The molecule has 0 aromatic heterocycles. The van der Waals surface area contributed by atoms with Crippen molar-refractivity contribution in [1.82, 2.24) is 4.90 Å². The molecule has 13 atom stereocenters. The second-order valence-electron chi connectivity index (χ2n) is 16.7. The van der Waals surface area contributed by atoms with E-state index in [2.05, 4.69) is 4.99 Å². The maximum Gasteiger partial charge on any atom is 0.316 e. The Balaban J connectivity index is 1.98. The molecule has 3 heterocycles. The van der Waals surface area contributed by atoms with E-state index in [0.717, 1.165) is 11.1 Å². The molecular weight excluding hydrogens is 716 g/mol. The molecule has 1 amide bonds. The number of cyclic esters (lactones) is 1. The molecular formula is C44H66N2O10. The summed E-state index contributed by atoms with van der Waals surface area (Å²) in [6.45, 7) is 15.9. The molecule has 0 spiro atoms. The molecule has 4 rings (SSSR count). The number of carbonyl (C=O) groups excluding carboxylic acids is 3. The van der Waals surface area contributed by atoms with Crippen LogP contribution < -0.4 is 0 Å². The predicted octanol–water partition coefficient (Wildman–Crippen LogP) is 5.58. The number of likely N-dealkylation sites (N-methyl/N-ethyl adjacent to an activating group) is 1. The fraction of sp³-hybridized carbons (Fsp3) is 0.682. The molecule has 1 unspecified atom stereocenters. The fourth-order valence-electron chi connectivity index (χ4n) is 8.57. The van der Waals surface area contributed by atoms with Gasteiger partial charge in [-0.15, -0.1) is 0 Å². The van der Waals surface area contributed by atoms with E-state index in [4.69, 9.17) is 23.7 Å². The van der Waals surface area contributed by atoms with Crippen molar-refractivity contribution in [2.24, 2.45) is 28.7 Å². The minimum atomic E-state index is -1.78. The number of ether oxygens (including phenoxy) is 5. The van der Waals surface area contributed by atoms with Crippen molar-refractivity contribution in [2.45, 2.75) is 142 Å². The Morgan fingerprint density at radius 1 is 1.04 bits per heavy atom. The Hall–Kier alpha value is -3.10. The minimum Gasteiger partial charge on any atom is -0.459 e. The highest BCUT2D eigenvalue weighted by atomic mass is 16.7. The van der Waals surface area contributed by atoms with Gasteiger partial charge >= 0.3 is 5.97 Å². The number of benzene rings is 1. The first-order chi connectivity index (χ1) is 26.3. The summed E-state index contributed by atoms with van der Waals surface area (Å²) in [5, 5.41) is 24.1. The first-order valence-electron chi connectivity index (χ1n) is 20.2. The zero-order chi connectivity index (χ0) is 41.5. The van der Waals surface area contributed by atoms with E-state index >= 15 is 0 Å². The largest absolute Gasteiger partial charge is 0.459 e. The number of fused-ring (bicyclic) bond motifs is 5. The fourth-order valence-corrected chi connectivity index (χ4v) is 8.57. The third kappa shape index (κ3) is 10.7. The summed E-state index contributed by atoms with van der Waals surface area (Å²) in [4.78, 5) is 48.1. The standard InChI is InChI=1S/C44H66N2O10/c1-12-34-44(9,51)40-28(5)36(45-35(47)13-2)26(3)23-43(8,53-25-32(24-52-40)21-17-20-31-18-15-14-16-19-31)39(29(6)37(48)30(7)41(50)55-34)56-42-38(49)33(46(10)11)22-27(4)54-42/h14-21,26-30,33-34,38-40,42,49,51H,12-13,22-25H2,1-11H3/b20-17+,32-21+,45-36?/t26-,27-,28+,29+,30-,33+,34-,38-,39-,40?,42+,43-,44-/m1/s1. The average molecular weight is 783 g/mol. The summed E-state index contributed by atoms with van der Waals surface area (Å²) in [5.74, 6) is -4.89. The van der Waals surface area contributed by atoms with Crippen LogP contribution >= 0.6 is 0 Å². The molecule has 56 heavy (non-hydrogen) atoms. The number of nitrogens with zero attached hydrogens (tertiary/aromatic N) is 2. The summed E-state index contributed by atoms with van der Waals surface area (Å²) in [6.07, 6.45) is 1.31. The summed E-state index contributed by atoms with van der Waals surface area (Å²) < 4.78 is 32.7. The molecule has 12 heteroatoms. The SMILES string of the molecule is CCC(=O)N=C1[C@H](C)C[C@@]2(C)OC/C(=C/C=C/c3ccccc3)COC([C@H]1C)[C@](C)(O)[C@@H](CC)OC(=O)[C@H](C)C(=O)[C@H](C)[C@H]2O[C@@H]1O[C@H](C)C[C@H](N(C)C)[C@H]1O. The lowest BCUT2D eigenvalue weighted by Crippen LogP contribution is -2.60. The van der Waals surface area contributed by atoms with Crippen molar-refractivity contribution in [3.05, 3.63) is 53.6 Å². The van der Waals surface area contributed by atoms with Gasteiger partial charge in [0.2, 0.25) is 5.91 Å². The number of hydrogen-bond donors (Lipinski definition) is 2. The normalized spacial score (nSPS) is 39.6. The van der Waals surface area contributed by atoms with E-state index < -0.39 is 77.3 Å². The number of ketones is 1. The maximum atomic E-state index is 14.5. The molecule has 0 radical (unpaired) electrons. The van der Waals surface area contributed by atoms with Gasteiger partial charge in [0, 0.05) is 30.0 Å². The topological polar surface area (TPSA) is 153 Å². The van der Waals surface area contributed by atoms with E-state index in [1.165, 1.54) is 6.92 Å². The van der Waals surface area contributed by atoms with Gasteiger partial charge in [-0.3, -0.25) is 14.4 Å². The van der Waals surface area contributed by atoms with Crippen LogP contribution in [0.25, 0.3) is 6.08 Å². The maximum absolute atomic E-state index is 14.5. The number of aliphatic hydroxyl groups is 2. The highest BCUT2D eigenvalue weighted by Crippen LogP contribution is 2.40. The third-order valence-electron chi connectivity index (χ3n) is 11.8. The zero-order valence-corrected chi connectivity index (χ0v) is 35.3. The first-order valence-corrected chi connectivity index (χ1v) is 20.2. The number of rotatable bonds is 7. The van der Waals surface area contributed by atoms with Crippen LogP contribution in [0.2, 0.25) is 0 Å². The van der Waals surface area contributed by atoms with Gasteiger partial charge in [0.1, 0.15) is 23.7 Å². The summed E-state index contributed by atoms with van der Waals surface area (Å²) in [6, 6.07) is 9.55. The Bertz CT molecular complexity index is 1590. The molecule has 2 bridgehead atoms. The van der Waals surface area contributed by atoms with Crippen molar-refractivity contribution in [3.8, 4) is 0 Å². The second kappa shape index (κ2) is 19.6. The third-order valence-corrected chi connectivity index (χ3v) is 11.8. The zero-order valence-electron chi connectivity index (χ0n) is 35.3. The number of esters is 1. The molecule has 0 saturated carbocycles. The Kier molecular flexibility index (Phi) is 15.9. The van der Waals surface area contributed by atoms with Gasteiger partial charge in [-0.1, -0.05) is 83.2 Å². The van der Waals surface area contributed by atoms with Gasteiger partial charge in [-0.2, -0.15) is 0 Å². The molecule has 1 aromatic carbocycles. The number of aliphatic imine (C=N–C) groups is 1. The van der Waals surface area contributed by atoms with Crippen LogP contribution in [-0.4, -0.2) is 120 Å². The number of aliphatic hydroxyl groups excluding tert-OH is 1. The lowest BCUT2D eigenvalue weighted by molar-refractivity contribution is -0.296. The number of Topliss-reactive ketones (excluding diaryl/α,β-unsaturated/α-hetero) is 1. The van der Waals surface area contributed by atoms with Crippen LogP contribution in [0.15, 0.2) is 53.0 Å². The molecule has 0 aliphatic carbocycles. The summed E-state index contributed by atoms with van der Waals surface area (Å²) in [5.41, 5.74) is -0.884. The Labute approximate surface area is 333 Å². The van der Waals surface area contributed by atoms with E-state index in [0.29, 0.717) is 12.1 Å². The lowest BCUT2D eigenvalue weighted by Gasteiger charge is -2.47. The lowest BCUT2D eigenvalue weighted by atomic mass is 9.73. The van der Waals surface area contributed by atoms with Crippen LogP contribution in [-0.2, 0) is 38.1 Å². The van der Waals surface area contributed by atoms with E-state index in [9.17, 15) is 24.6 Å². The molecule has 1 aromatic rings.